The van der Waals surface area contributed by atoms with Gasteiger partial charge in [0.25, 0.3) is 5.91 Å². The summed E-state index contributed by atoms with van der Waals surface area (Å²) in [7, 11) is 0. The molecule has 86 valence electrons. The van der Waals surface area contributed by atoms with Gasteiger partial charge >= 0.3 is 0 Å². The Balaban J connectivity index is 2.06. The molecule has 1 atom stereocenters. The van der Waals surface area contributed by atoms with Crippen LogP contribution in [0, 0.1) is 0 Å². The SMILES string of the molecule is CC(C)NCC1Oc2cccnc2NC1=O. The van der Waals surface area contributed by atoms with Gasteiger partial charge in [0, 0.05) is 18.8 Å². The van der Waals surface area contributed by atoms with Crippen LogP contribution >= 0.6 is 0 Å². The summed E-state index contributed by atoms with van der Waals surface area (Å²) in [4.78, 5) is 15.7. The molecule has 5 nitrogen and oxygen atoms in total. The molecule has 2 heterocycles. The summed E-state index contributed by atoms with van der Waals surface area (Å²) < 4.78 is 5.56. The third kappa shape index (κ3) is 2.30. The molecule has 0 fully saturated rings. The Bertz CT molecular complexity index is 393. The summed E-state index contributed by atoms with van der Waals surface area (Å²) in [6, 6.07) is 3.90. The van der Waals surface area contributed by atoms with Gasteiger partial charge < -0.3 is 15.4 Å². The smallest absolute Gasteiger partial charge is 0.268 e. The molecule has 0 saturated heterocycles. The second kappa shape index (κ2) is 4.49. The first-order valence-corrected chi connectivity index (χ1v) is 5.32. The number of carbonyl (C=O) groups is 1. The van der Waals surface area contributed by atoms with Crippen molar-refractivity contribution in [2.75, 3.05) is 11.9 Å². The maximum Gasteiger partial charge on any atom is 0.268 e. The predicted molar refractivity (Wildman–Crippen MR) is 60.4 cm³/mol. The maximum absolute atomic E-state index is 11.7. The minimum Gasteiger partial charge on any atom is -0.475 e. The Kier molecular flexibility index (Phi) is 3.05. The van der Waals surface area contributed by atoms with Crippen molar-refractivity contribution in [2.24, 2.45) is 0 Å². The van der Waals surface area contributed by atoms with Crippen LogP contribution in [0.25, 0.3) is 0 Å². The minimum atomic E-state index is -0.487. The molecule has 1 unspecified atom stereocenters. The topological polar surface area (TPSA) is 63.2 Å². The third-order valence-corrected chi connectivity index (χ3v) is 2.29. The average molecular weight is 221 g/mol. The molecule has 1 aliphatic rings. The van der Waals surface area contributed by atoms with Crippen LogP contribution in [0.15, 0.2) is 18.3 Å². The predicted octanol–water partition coefficient (Wildman–Crippen LogP) is 0.779. The van der Waals surface area contributed by atoms with Crippen LogP contribution < -0.4 is 15.4 Å². The van der Waals surface area contributed by atoms with E-state index < -0.39 is 6.10 Å². The van der Waals surface area contributed by atoms with Gasteiger partial charge in [0.15, 0.2) is 17.7 Å². The number of nitrogens with zero attached hydrogens (tertiary/aromatic N) is 1. The van der Waals surface area contributed by atoms with Crippen LogP contribution in [-0.4, -0.2) is 29.6 Å². The van der Waals surface area contributed by atoms with E-state index in [0.29, 0.717) is 24.2 Å². The molecule has 1 amide bonds. The lowest BCUT2D eigenvalue weighted by molar-refractivity contribution is -0.123. The molecule has 0 spiro atoms. The van der Waals surface area contributed by atoms with Gasteiger partial charge in [-0.3, -0.25) is 4.79 Å². The number of nitrogens with one attached hydrogen (secondary N) is 2. The van der Waals surface area contributed by atoms with Crippen LogP contribution in [0.2, 0.25) is 0 Å². The highest BCUT2D eigenvalue weighted by Gasteiger charge is 2.27. The number of anilines is 1. The number of hydrogen-bond donors (Lipinski definition) is 2. The number of ether oxygens (including phenoxy) is 1. The van der Waals surface area contributed by atoms with E-state index >= 15 is 0 Å². The molecule has 1 aliphatic heterocycles. The van der Waals surface area contributed by atoms with E-state index in [1.54, 1.807) is 18.3 Å². The highest BCUT2D eigenvalue weighted by atomic mass is 16.5. The average Bonchev–Trinajstić information content (AvgIpc) is 2.26. The third-order valence-electron chi connectivity index (χ3n) is 2.29. The summed E-state index contributed by atoms with van der Waals surface area (Å²) in [5.41, 5.74) is 0. The second-order valence-electron chi connectivity index (χ2n) is 4.01. The highest BCUT2D eigenvalue weighted by Crippen LogP contribution is 2.25. The van der Waals surface area contributed by atoms with Gasteiger partial charge in [-0.2, -0.15) is 0 Å². The van der Waals surface area contributed by atoms with Gasteiger partial charge in [-0.25, -0.2) is 4.98 Å². The molecule has 0 bridgehead atoms. The van der Waals surface area contributed by atoms with E-state index in [4.69, 9.17) is 4.74 Å². The number of fused-ring (bicyclic) bond motifs is 1. The van der Waals surface area contributed by atoms with Crippen molar-refractivity contribution < 1.29 is 9.53 Å². The molecule has 0 aliphatic carbocycles. The van der Waals surface area contributed by atoms with Gasteiger partial charge in [-0.05, 0) is 12.1 Å². The number of pyridine rings is 1. The highest BCUT2D eigenvalue weighted by molar-refractivity contribution is 5.96. The van der Waals surface area contributed by atoms with Crippen molar-refractivity contribution in [3.8, 4) is 5.75 Å². The number of carbonyl (C=O) groups excluding carboxylic acids is 1. The molecule has 1 aromatic rings. The molecule has 16 heavy (non-hydrogen) atoms. The molecule has 0 aromatic carbocycles. The zero-order valence-corrected chi connectivity index (χ0v) is 9.36. The monoisotopic (exact) mass is 221 g/mol. The summed E-state index contributed by atoms with van der Waals surface area (Å²) >= 11 is 0. The Hall–Kier alpha value is -1.62. The molecular formula is C11H15N3O2. The second-order valence-corrected chi connectivity index (χ2v) is 4.01. The van der Waals surface area contributed by atoms with Gasteiger partial charge in [0.2, 0.25) is 0 Å². The normalized spacial score (nSPS) is 18.9. The number of amides is 1. The quantitative estimate of drug-likeness (QED) is 0.791. The molecule has 0 saturated carbocycles. The van der Waals surface area contributed by atoms with Gasteiger partial charge in [-0.1, -0.05) is 13.8 Å². The number of hydrogen-bond acceptors (Lipinski definition) is 4. The van der Waals surface area contributed by atoms with Crippen LogP contribution in [0.5, 0.6) is 5.75 Å². The van der Waals surface area contributed by atoms with E-state index in [0.717, 1.165) is 0 Å². The first kappa shape index (κ1) is 10.9. The van der Waals surface area contributed by atoms with Crippen molar-refractivity contribution in [1.82, 2.24) is 10.3 Å². The minimum absolute atomic E-state index is 0.153. The van der Waals surface area contributed by atoms with Crippen molar-refractivity contribution in [2.45, 2.75) is 26.0 Å². The molecule has 2 rings (SSSR count). The Labute approximate surface area is 94.2 Å². The summed E-state index contributed by atoms with van der Waals surface area (Å²) in [5.74, 6) is 0.963. The van der Waals surface area contributed by atoms with Gasteiger partial charge in [0.05, 0.1) is 0 Å². The van der Waals surface area contributed by atoms with Gasteiger partial charge in [0.1, 0.15) is 0 Å². The fourth-order valence-electron chi connectivity index (χ4n) is 1.46. The van der Waals surface area contributed by atoms with E-state index in [-0.39, 0.29) is 5.91 Å². The van der Waals surface area contributed by atoms with Gasteiger partial charge in [-0.15, -0.1) is 0 Å². The van der Waals surface area contributed by atoms with Crippen molar-refractivity contribution in [3.05, 3.63) is 18.3 Å². The Morgan fingerprint density at radius 1 is 1.62 bits per heavy atom. The lowest BCUT2D eigenvalue weighted by atomic mass is 10.2. The first-order chi connectivity index (χ1) is 7.66. The van der Waals surface area contributed by atoms with Crippen LogP contribution in [0.1, 0.15) is 13.8 Å². The van der Waals surface area contributed by atoms with Crippen LogP contribution in [-0.2, 0) is 4.79 Å². The molecule has 0 radical (unpaired) electrons. The van der Waals surface area contributed by atoms with E-state index in [1.165, 1.54) is 0 Å². The zero-order chi connectivity index (χ0) is 11.5. The maximum atomic E-state index is 11.7. The van der Waals surface area contributed by atoms with Crippen molar-refractivity contribution in [3.63, 3.8) is 0 Å². The van der Waals surface area contributed by atoms with E-state index in [9.17, 15) is 4.79 Å². The molecule has 2 N–H and O–H groups in total. The lowest BCUT2D eigenvalue weighted by Gasteiger charge is -2.25. The standard InChI is InChI=1S/C11H15N3O2/c1-7(2)13-6-9-11(15)14-10-8(16-9)4-3-5-12-10/h3-5,7,9,13H,6H2,1-2H3,(H,12,14,15). The number of aromatic nitrogens is 1. The molecule has 1 aromatic heterocycles. The van der Waals surface area contributed by atoms with Crippen LogP contribution in [0.3, 0.4) is 0 Å². The fourth-order valence-corrected chi connectivity index (χ4v) is 1.46. The lowest BCUT2D eigenvalue weighted by Crippen LogP contribution is -2.45. The summed E-state index contributed by atoms with van der Waals surface area (Å²) in [6.45, 7) is 4.55. The van der Waals surface area contributed by atoms with Crippen molar-refractivity contribution in [1.29, 1.82) is 0 Å². The van der Waals surface area contributed by atoms with Crippen LogP contribution in [0.4, 0.5) is 5.82 Å². The summed E-state index contributed by atoms with van der Waals surface area (Å²) in [6.07, 6.45) is 1.13. The van der Waals surface area contributed by atoms with E-state index in [1.807, 2.05) is 13.8 Å². The largest absolute Gasteiger partial charge is 0.475 e. The summed E-state index contributed by atoms with van der Waals surface area (Å²) in [5, 5.41) is 5.89. The van der Waals surface area contributed by atoms with Crippen molar-refractivity contribution >= 4 is 11.7 Å². The fraction of sp³-hybridized carbons (Fsp3) is 0.455. The first-order valence-electron chi connectivity index (χ1n) is 5.32. The Morgan fingerprint density at radius 3 is 3.19 bits per heavy atom. The molecular weight excluding hydrogens is 206 g/mol. The Morgan fingerprint density at radius 2 is 2.44 bits per heavy atom. The number of rotatable bonds is 3. The van der Waals surface area contributed by atoms with E-state index in [2.05, 4.69) is 15.6 Å². The zero-order valence-electron chi connectivity index (χ0n) is 9.36. The molecule has 5 heteroatoms.